The Labute approximate surface area is 141 Å². The van der Waals surface area contributed by atoms with E-state index in [-0.39, 0.29) is 6.61 Å². The van der Waals surface area contributed by atoms with Gasteiger partial charge in [0, 0.05) is 26.7 Å². The van der Waals surface area contributed by atoms with Crippen molar-refractivity contribution < 1.29 is 17.9 Å². The zero-order chi connectivity index (χ0) is 18.0. The summed E-state index contributed by atoms with van der Waals surface area (Å²) in [7, 11) is 1.66. The summed E-state index contributed by atoms with van der Waals surface area (Å²) < 4.78 is 40.3. The molecule has 1 aromatic carbocycles. The SMILES string of the molecule is CN=C(NCCCOCC(F)(F)F)NCCc1cc(C)cc(C)c1. The lowest BCUT2D eigenvalue weighted by Crippen LogP contribution is -2.39. The first-order valence-electron chi connectivity index (χ1n) is 7.96. The molecule has 1 rings (SSSR count). The molecule has 7 heteroatoms. The first kappa shape index (κ1) is 20.3. The maximum Gasteiger partial charge on any atom is 0.411 e. The third-order valence-electron chi connectivity index (χ3n) is 3.23. The van der Waals surface area contributed by atoms with E-state index in [0.29, 0.717) is 18.9 Å². The second kappa shape index (κ2) is 10.2. The summed E-state index contributed by atoms with van der Waals surface area (Å²) in [6.45, 7) is 4.24. The summed E-state index contributed by atoms with van der Waals surface area (Å²) in [5.74, 6) is 0.634. The van der Waals surface area contributed by atoms with Crippen LogP contribution in [0.3, 0.4) is 0 Å². The molecule has 0 heterocycles. The average molecular weight is 345 g/mol. The summed E-state index contributed by atoms with van der Waals surface area (Å²) in [5, 5.41) is 6.24. The van der Waals surface area contributed by atoms with Crippen molar-refractivity contribution in [1.29, 1.82) is 0 Å². The van der Waals surface area contributed by atoms with E-state index in [1.807, 2.05) is 0 Å². The fourth-order valence-corrected chi connectivity index (χ4v) is 2.33. The van der Waals surface area contributed by atoms with Crippen LogP contribution >= 0.6 is 0 Å². The number of nitrogens with one attached hydrogen (secondary N) is 2. The van der Waals surface area contributed by atoms with Gasteiger partial charge in [-0.25, -0.2) is 0 Å². The van der Waals surface area contributed by atoms with E-state index in [0.717, 1.165) is 13.0 Å². The van der Waals surface area contributed by atoms with Gasteiger partial charge in [-0.3, -0.25) is 4.99 Å². The van der Waals surface area contributed by atoms with Crippen molar-refractivity contribution in [2.75, 3.05) is 33.4 Å². The summed E-state index contributed by atoms with van der Waals surface area (Å²) in [6.07, 6.45) is -2.91. The second-order valence-electron chi connectivity index (χ2n) is 5.69. The number of hydrogen-bond acceptors (Lipinski definition) is 2. The molecule has 0 radical (unpaired) electrons. The van der Waals surface area contributed by atoms with Crippen LogP contribution in [0.1, 0.15) is 23.1 Å². The van der Waals surface area contributed by atoms with Crippen molar-refractivity contribution in [1.82, 2.24) is 10.6 Å². The average Bonchev–Trinajstić information content (AvgIpc) is 2.46. The van der Waals surface area contributed by atoms with Crippen LogP contribution in [0.2, 0.25) is 0 Å². The molecular weight excluding hydrogens is 319 g/mol. The molecule has 2 N–H and O–H groups in total. The Balaban J connectivity index is 2.19. The number of nitrogens with zero attached hydrogens (tertiary/aromatic N) is 1. The Morgan fingerprint density at radius 2 is 1.71 bits per heavy atom. The monoisotopic (exact) mass is 345 g/mol. The first-order valence-corrected chi connectivity index (χ1v) is 7.96. The van der Waals surface area contributed by atoms with Crippen LogP contribution in [0, 0.1) is 13.8 Å². The molecule has 0 aromatic heterocycles. The van der Waals surface area contributed by atoms with E-state index in [1.165, 1.54) is 16.7 Å². The highest BCUT2D eigenvalue weighted by Gasteiger charge is 2.27. The van der Waals surface area contributed by atoms with Crippen LogP contribution in [-0.2, 0) is 11.2 Å². The number of halogens is 3. The Hall–Kier alpha value is -1.76. The summed E-state index contributed by atoms with van der Waals surface area (Å²) in [6, 6.07) is 6.45. The molecule has 0 saturated heterocycles. The van der Waals surface area contributed by atoms with Gasteiger partial charge in [0.05, 0.1) is 0 Å². The van der Waals surface area contributed by atoms with Gasteiger partial charge in [0.15, 0.2) is 5.96 Å². The van der Waals surface area contributed by atoms with Crippen molar-refractivity contribution in [3.63, 3.8) is 0 Å². The van der Waals surface area contributed by atoms with Gasteiger partial charge < -0.3 is 15.4 Å². The minimum Gasteiger partial charge on any atom is -0.372 e. The maximum atomic E-state index is 11.9. The van der Waals surface area contributed by atoms with Crippen molar-refractivity contribution in [2.45, 2.75) is 32.9 Å². The van der Waals surface area contributed by atoms with E-state index >= 15 is 0 Å². The van der Waals surface area contributed by atoms with Crippen molar-refractivity contribution in [3.05, 3.63) is 34.9 Å². The van der Waals surface area contributed by atoms with Gasteiger partial charge in [-0.05, 0) is 32.3 Å². The Morgan fingerprint density at radius 3 is 2.29 bits per heavy atom. The molecule has 0 bridgehead atoms. The second-order valence-corrected chi connectivity index (χ2v) is 5.69. The lowest BCUT2D eigenvalue weighted by atomic mass is 10.1. The molecule has 24 heavy (non-hydrogen) atoms. The first-order chi connectivity index (χ1) is 11.3. The summed E-state index contributed by atoms with van der Waals surface area (Å²) in [5.41, 5.74) is 3.74. The Bertz CT molecular complexity index is 510. The minimum absolute atomic E-state index is 0.0616. The number of aliphatic imine (C=N–C) groups is 1. The maximum absolute atomic E-state index is 11.9. The predicted octanol–water partition coefficient (Wildman–Crippen LogP) is 2.98. The van der Waals surface area contributed by atoms with Crippen LogP contribution in [0.15, 0.2) is 23.2 Å². The van der Waals surface area contributed by atoms with Crippen LogP contribution in [-0.4, -0.2) is 45.5 Å². The van der Waals surface area contributed by atoms with Crippen molar-refractivity contribution >= 4 is 5.96 Å². The number of hydrogen-bond donors (Lipinski definition) is 2. The Kier molecular flexibility index (Phi) is 8.60. The molecule has 136 valence electrons. The standard InChI is InChI=1S/C17H26F3N3O/c1-13-9-14(2)11-15(10-13)5-7-23-16(21-3)22-6-4-8-24-12-17(18,19)20/h9-11H,4-8,12H2,1-3H3,(H2,21,22,23). The highest BCUT2D eigenvalue weighted by Crippen LogP contribution is 2.14. The Morgan fingerprint density at radius 1 is 1.08 bits per heavy atom. The fraction of sp³-hybridized carbons (Fsp3) is 0.588. The van der Waals surface area contributed by atoms with Crippen molar-refractivity contribution in [2.24, 2.45) is 4.99 Å². The number of ether oxygens (including phenoxy) is 1. The van der Waals surface area contributed by atoms with Gasteiger partial charge in [0.25, 0.3) is 0 Å². The number of benzene rings is 1. The number of alkyl halides is 3. The van der Waals surface area contributed by atoms with Crippen molar-refractivity contribution in [3.8, 4) is 0 Å². The van der Waals surface area contributed by atoms with Crippen LogP contribution in [0.5, 0.6) is 0 Å². The van der Waals surface area contributed by atoms with Gasteiger partial charge in [0.1, 0.15) is 6.61 Å². The molecule has 0 saturated carbocycles. The molecule has 0 aliphatic heterocycles. The molecule has 0 atom stereocenters. The molecule has 0 unspecified atom stereocenters. The van der Waals surface area contributed by atoms with E-state index in [2.05, 4.69) is 52.4 Å². The van der Waals surface area contributed by atoms with Gasteiger partial charge in [-0.15, -0.1) is 0 Å². The van der Waals surface area contributed by atoms with Gasteiger partial charge in [-0.1, -0.05) is 29.3 Å². The van der Waals surface area contributed by atoms with E-state index in [4.69, 9.17) is 0 Å². The zero-order valence-electron chi connectivity index (χ0n) is 14.5. The number of aryl methyl sites for hydroxylation is 2. The zero-order valence-corrected chi connectivity index (χ0v) is 14.5. The normalized spacial score (nSPS) is 12.3. The molecule has 0 amide bonds. The predicted molar refractivity (Wildman–Crippen MR) is 90.5 cm³/mol. The van der Waals surface area contributed by atoms with E-state index in [9.17, 15) is 13.2 Å². The van der Waals surface area contributed by atoms with Gasteiger partial charge >= 0.3 is 6.18 Å². The lowest BCUT2D eigenvalue weighted by molar-refractivity contribution is -0.173. The van der Waals surface area contributed by atoms with E-state index < -0.39 is 12.8 Å². The van der Waals surface area contributed by atoms with Gasteiger partial charge in [-0.2, -0.15) is 13.2 Å². The van der Waals surface area contributed by atoms with E-state index in [1.54, 1.807) is 7.05 Å². The molecule has 0 aliphatic carbocycles. The van der Waals surface area contributed by atoms with Crippen LogP contribution in [0.4, 0.5) is 13.2 Å². The smallest absolute Gasteiger partial charge is 0.372 e. The largest absolute Gasteiger partial charge is 0.411 e. The number of guanidine groups is 1. The van der Waals surface area contributed by atoms with Gasteiger partial charge in [0.2, 0.25) is 0 Å². The highest BCUT2D eigenvalue weighted by atomic mass is 19.4. The minimum atomic E-state index is -4.26. The molecule has 0 aliphatic rings. The lowest BCUT2D eigenvalue weighted by Gasteiger charge is -2.13. The quantitative estimate of drug-likeness (QED) is 0.433. The number of rotatable bonds is 8. The third kappa shape index (κ3) is 9.39. The molecule has 0 spiro atoms. The molecule has 1 aromatic rings. The fourth-order valence-electron chi connectivity index (χ4n) is 2.33. The topological polar surface area (TPSA) is 45.7 Å². The third-order valence-corrected chi connectivity index (χ3v) is 3.23. The molecule has 0 fully saturated rings. The molecule has 4 nitrogen and oxygen atoms in total. The van der Waals surface area contributed by atoms with Crippen LogP contribution < -0.4 is 10.6 Å². The van der Waals surface area contributed by atoms with Crippen LogP contribution in [0.25, 0.3) is 0 Å². The highest BCUT2D eigenvalue weighted by molar-refractivity contribution is 5.79. The molecular formula is C17H26F3N3O. The summed E-state index contributed by atoms with van der Waals surface area (Å²) in [4.78, 5) is 4.09. The summed E-state index contributed by atoms with van der Waals surface area (Å²) >= 11 is 0.